The van der Waals surface area contributed by atoms with Crippen LogP contribution in [-0.2, 0) is 0 Å². The van der Waals surface area contributed by atoms with E-state index in [1.54, 1.807) is 20.2 Å². The summed E-state index contributed by atoms with van der Waals surface area (Å²) in [5, 5.41) is 5.95. The number of anilines is 2. The third-order valence-corrected chi connectivity index (χ3v) is 2.38. The van der Waals surface area contributed by atoms with E-state index in [-0.39, 0.29) is 6.03 Å². The van der Waals surface area contributed by atoms with Gasteiger partial charge in [-0.3, -0.25) is 0 Å². The smallest absolute Gasteiger partial charge is 0.316 e. The normalized spacial score (nSPS) is 9.84. The van der Waals surface area contributed by atoms with E-state index < -0.39 is 0 Å². The molecule has 6 heteroatoms. The molecule has 0 aliphatic rings. The highest BCUT2D eigenvalue weighted by Crippen LogP contribution is 2.22. The number of urea groups is 1. The highest BCUT2D eigenvalue weighted by atomic mass is 16.5. The van der Waals surface area contributed by atoms with Gasteiger partial charge in [-0.05, 0) is 13.0 Å². The molecule has 0 aliphatic carbocycles. The Hall–Kier alpha value is -2.11. The van der Waals surface area contributed by atoms with E-state index in [0.717, 1.165) is 11.4 Å². The lowest BCUT2D eigenvalue weighted by atomic mass is 10.2. The molecule has 106 valence electrons. The van der Waals surface area contributed by atoms with Crippen LogP contribution in [0.3, 0.4) is 0 Å². The number of hydrogen-bond acceptors (Lipinski definition) is 4. The van der Waals surface area contributed by atoms with E-state index in [1.807, 2.05) is 19.1 Å². The first-order valence-corrected chi connectivity index (χ1v) is 6.25. The van der Waals surface area contributed by atoms with Crippen LogP contribution in [0.25, 0.3) is 0 Å². The van der Waals surface area contributed by atoms with Crippen molar-refractivity contribution >= 4 is 17.4 Å². The Morgan fingerprint density at radius 3 is 2.68 bits per heavy atom. The van der Waals surface area contributed by atoms with Crippen molar-refractivity contribution in [1.82, 2.24) is 10.2 Å². The summed E-state index contributed by atoms with van der Waals surface area (Å²) in [6.07, 6.45) is 0. The molecule has 0 radical (unpaired) electrons. The van der Waals surface area contributed by atoms with Crippen molar-refractivity contribution in [1.29, 1.82) is 0 Å². The number of carbonyl (C=O) groups is 1. The third-order valence-electron chi connectivity index (χ3n) is 2.38. The summed E-state index contributed by atoms with van der Waals surface area (Å²) in [6, 6.07) is 5.39. The maximum absolute atomic E-state index is 11.3. The van der Waals surface area contributed by atoms with Gasteiger partial charge in [0.15, 0.2) is 0 Å². The zero-order valence-corrected chi connectivity index (χ0v) is 11.7. The van der Waals surface area contributed by atoms with Crippen molar-refractivity contribution < 1.29 is 9.53 Å². The van der Waals surface area contributed by atoms with E-state index in [0.29, 0.717) is 25.4 Å². The van der Waals surface area contributed by atoms with Gasteiger partial charge in [-0.25, -0.2) is 4.79 Å². The average Bonchev–Trinajstić information content (AvgIpc) is 2.34. The molecule has 2 amide bonds. The number of nitrogens with one attached hydrogen (secondary N) is 2. The molecule has 1 aromatic rings. The van der Waals surface area contributed by atoms with Gasteiger partial charge in [0.2, 0.25) is 0 Å². The standard InChI is InChI=1S/C13H22N4O2/c1-4-19-12-8-10(14)7-11(9-12)15-5-6-16-13(18)17(2)3/h7-9,15H,4-6,14H2,1-3H3,(H,16,18). The summed E-state index contributed by atoms with van der Waals surface area (Å²) < 4.78 is 5.41. The fraction of sp³-hybridized carbons (Fsp3) is 0.462. The average molecular weight is 266 g/mol. The summed E-state index contributed by atoms with van der Waals surface area (Å²) in [6.45, 7) is 3.68. The molecule has 4 N–H and O–H groups in total. The lowest BCUT2D eigenvalue weighted by molar-refractivity contribution is 0.218. The van der Waals surface area contributed by atoms with E-state index in [4.69, 9.17) is 10.5 Å². The number of nitrogens with zero attached hydrogens (tertiary/aromatic N) is 1. The van der Waals surface area contributed by atoms with Crippen LogP contribution in [0, 0.1) is 0 Å². The molecule has 0 spiro atoms. The molecule has 19 heavy (non-hydrogen) atoms. The summed E-state index contributed by atoms with van der Waals surface area (Å²) >= 11 is 0. The minimum absolute atomic E-state index is 0.107. The van der Waals surface area contributed by atoms with Gasteiger partial charge in [-0.2, -0.15) is 0 Å². The van der Waals surface area contributed by atoms with Crippen LogP contribution >= 0.6 is 0 Å². The maximum atomic E-state index is 11.3. The molecule has 0 unspecified atom stereocenters. The lowest BCUT2D eigenvalue weighted by Gasteiger charge is -2.13. The Bertz CT molecular complexity index is 421. The highest BCUT2D eigenvalue weighted by molar-refractivity contribution is 5.73. The predicted octanol–water partition coefficient (Wildman–Crippen LogP) is 1.35. The van der Waals surface area contributed by atoms with Gasteiger partial charge in [0.05, 0.1) is 6.61 Å². The topological polar surface area (TPSA) is 79.6 Å². The van der Waals surface area contributed by atoms with E-state index in [1.165, 1.54) is 4.90 Å². The molecular formula is C13H22N4O2. The van der Waals surface area contributed by atoms with Crippen LogP contribution in [0.5, 0.6) is 5.75 Å². The Balaban J connectivity index is 2.42. The number of ether oxygens (including phenoxy) is 1. The molecule has 0 aliphatic heterocycles. The molecule has 0 saturated heterocycles. The zero-order valence-electron chi connectivity index (χ0n) is 11.7. The fourth-order valence-corrected chi connectivity index (χ4v) is 1.51. The van der Waals surface area contributed by atoms with E-state index >= 15 is 0 Å². The van der Waals surface area contributed by atoms with Crippen molar-refractivity contribution in [3.05, 3.63) is 18.2 Å². The molecule has 0 fully saturated rings. The maximum Gasteiger partial charge on any atom is 0.316 e. The first-order chi connectivity index (χ1) is 9.02. The van der Waals surface area contributed by atoms with Crippen molar-refractivity contribution in [3.63, 3.8) is 0 Å². The predicted molar refractivity (Wildman–Crippen MR) is 77.6 cm³/mol. The minimum Gasteiger partial charge on any atom is -0.494 e. The third kappa shape index (κ3) is 5.37. The Morgan fingerprint density at radius 1 is 1.32 bits per heavy atom. The first-order valence-electron chi connectivity index (χ1n) is 6.25. The van der Waals surface area contributed by atoms with Gasteiger partial charge in [-0.15, -0.1) is 0 Å². The van der Waals surface area contributed by atoms with Crippen LogP contribution in [0.4, 0.5) is 16.2 Å². The summed E-state index contributed by atoms with van der Waals surface area (Å²) in [5.74, 6) is 0.738. The van der Waals surface area contributed by atoms with Gasteiger partial charge >= 0.3 is 6.03 Å². The molecule has 0 heterocycles. The van der Waals surface area contributed by atoms with Crippen molar-refractivity contribution in [2.45, 2.75) is 6.92 Å². The summed E-state index contributed by atoms with van der Waals surface area (Å²) in [7, 11) is 3.41. The first kappa shape index (κ1) is 14.9. The van der Waals surface area contributed by atoms with Crippen molar-refractivity contribution in [2.75, 3.05) is 44.8 Å². The fourth-order valence-electron chi connectivity index (χ4n) is 1.51. The number of amides is 2. The quantitative estimate of drug-likeness (QED) is 0.536. The van der Waals surface area contributed by atoms with E-state index in [9.17, 15) is 4.79 Å². The molecule has 1 aromatic carbocycles. The van der Waals surface area contributed by atoms with Crippen molar-refractivity contribution in [3.8, 4) is 5.75 Å². The van der Waals surface area contributed by atoms with Gasteiger partial charge in [0, 0.05) is 50.7 Å². The Kier molecular flexibility index (Phi) is 5.78. The second-order valence-corrected chi connectivity index (χ2v) is 4.28. The van der Waals surface area contributed by atoms with Crippen molar-refractivity contribution in [2.24, 2.45) is 0 Å². The monoisotopic (exact) mass is 266 g/mol. The van der Waals surface area contributed by atoms with Crippen LogP contribution in [0.2, 0.25) is 0 Å². The van der Waals surface area contributed by atoms with Gasteiger partial charge < -0.3 is 26.0 Å². The van der Waals surface area contributed by atoms with Gasteiger partial charge in [0.1, 0.15) is 5.75 Å². The van der Waals surface area contributed by atoms with Crippen LogP contribution < -0.4 is 21.1 Å². The number of carbonyl (C=O) groups excluding carboxylic acids is 1. The molecular weight excluding hydrogens is 244 g/mol. The molecule has 1 rings (SSSR count). The van der Waals surface area contributed by atoms with E-state index in [2.05, 4.69) is 10.6 Å². The number of hydrogen-bond donors (Lipinski definition) is 3. The van der Waals surface area contributed by atoms with Crippen LogP contribution in [0.15, 0.2) is 18.2 Å². The summed E-state index contributed by atoms with van der Waals surface area (Å²) in [5.41, 5.74) is 7.31. The second kappa shape index (κ2) is 7.35. The Morgan fingerprint density at radius 2 is 2.05 bits per heavy atom. The van der Waals surface area contributed by atoms with Gasteiger partial charge in [-0.1, -0.05) is 0 Å². The molecule has 6 nitrogen and oxygen atoms in total. The van der Waals surface area contributed by atoms with Crippen LogP contribution in [0.1, 0.15) is 6.92 Å². The molecule has 0 aromatic heterocycles. The highest BCUT2D eigenvalue weighted by Gasteiger charge is 2.02. The van der Waals surface area contributed by atoms with Crippen LogP contribution in [-0.4, -0.2) is 44.7 Å². The molecule has 0 bridgehead atoms. The number of nitrogen functional groups attached to an aromatic ring is 1. The molecule has 0 saturated carbocycles. The van der Waals surface area contributed by atoms with Gasteiger partial charge in [0.25, 0.3) is 0 Å². The Labute approximate surface area is 113 Å². The molecule has 0 atom stereocenters. The number of benzene rings is 1. The lowest BCUT2D eigenvalue weighted by Crippen LogP contribution is -2.37. The zero-order chi connectivity index (χ0) is 14.3. The summed E-state index contributed by atoms with van der Waals surface area (Å²) in [4.78, 5) is 12.8. The number of rotatable bonds is 6. The SMILES string of the molecule is CCOc1cc(N)cc(NCCNC(=O)N(C)C)c1. The largest absolute Gasteiger partial charge is 0.494 e. The second-order valence-electron chi connectivity index (χ2n) is 4.28. The minimum atomic E-state index is -0.107. The number of nitrogens with two attached hydrogens (primary N) is 1.